The Morgan fingerprint density at radius 3 is 2.72 bits per heavy atom. The standard InChI is InChI=1S/C22H26FNO/c1-15-21-13-17-5-8-19(25)14-20(17)22(15,2)10-12-24(21)11-9-16-3-6-18(23)7-4-16/h3-8,14-15,21,25H,9-13H2,1-2H3/t15-,21-,22+/m0/s1. The van der Waals surface area contributed by atoms with Gasteiger partial charge in [0.05, 0.1) is 0 Å². The number of phenolic OH excluding ortho intramolecular Hbond substituents is 1. The summed E-state index contributed by atoms with van der Waals surface area (Å²) in [7, 11) is 0. The number of likely N-dealkylation sites (tertiary alicyclic amines) is 1. The van der Waals surface area contributed by atoms with Gasteiger partial charge in [-0.15, -0.1) is 0 Å². The van der Waals surface area contributed by atoms with Crippen molar-refractivity contribution in [1.29, 1.82) is 0 Å². The van der Waals surface area contributed by atoms with Gasteiger partial charge in [-0.05, 0) is 78.1 Å². The minimum absolute atomic E-state index is 0.142. The van der Waals surface area contributed by atoms with Crippen LogP contribution in [0.1, 0.15) is 37.0 Å². The highest BCUT2D eigenvalue weighted by Gasteiger charge is 2.48. The molecule has 2 bridgehead atoms. The second-order valence-electron chi connectivity index (χ2n) is 7.98. The second-order valence-corrected chi connectivity index (χ2v) is 7.98. The molecule has 3 heteroatoms. The number of nitrogens with zero attached hydrogens (tertiary/aromatic N) is 1. The lowest BCUT2D eigenvalue weighted by molar-refractivity contribution is 0.0322. The van der Waals surface area contributed by atoms with Gasteiger partial charge in [0.1, 0.15) is 11.6 Å². The van der Waals surface area contributed by atoms with Gasteiger partial charge in [0.25, 0.3) is 0 Å². The van der Waals surface area contributed by atoms with Gasteiger partial charge in [0, 0.05) is 12.6 Å². The maximum Gasteiger partial charge on any atom is 0.123 e. The molecule has 132 valence electrons. The average molecular weight is 339 g/mol. The molecule has 4 rings (SSSR count). The predicted molar refractivity (Wildman–Crippen MR) is 98.4 cm³/mol. The Labute approximate surface area is 149 Å². The van der Waals surface area contributed by atoms with E-state index in [1.807, 2.05) is 24.3 Å². The van der Waals surface area contributed by atoms with Gasteiger partial charge in [-0.2, -0.15) is 0 Å². The number of halogens is 1. The van der Waals surface area contributed by atoms with Crippen molar-refractivity contribution in [2.75, 3.05) is 13.1 Å². The number of aromatic hydroxyl groups is 1. The molecule has 1 saturated heterocycles. The van der Waals surface area contributed by atoms with E-state index in [0.717, 1.165) is 32.4 Å². The molecule has 1 N–H and O–H groups in total. The first-order valence-electron chi connectivity index (χ1n) is 9.28. The van der Waals surface area contributed by atoms with Crippen LogP contribution in [0, 0.1) is 11.7 Å². The minimum atomic E-state index is -0.168. The Balaban J connectivity index is 1.55. The van der Waals surface area contributed by atoms with Gasteiger partial charge in [0.15, 0.2) is 0 Å². The number of phenols is 1. The smallest absolute Gasteiger partial charge is 0.123 e. The average Bonchev–Trinajstić information content (AvgIpc) is 2.60. The van der Waals surface area contributed by atoms with Gasteiger partial charge in [0.2, 0.25) is 0 Å². The molecule has 0 amide bonds. The summed E-state index contributed by atoms with van der Waals surface area (Å²) in [6.45, 7) is 6.83. The number of benzene rings is 2. The molecule has 2 nitrogen and oxygen atoms in total. The van der Waals surface area contributed by atoms with Gasteiger partial charge >= 0.3 is 0 Å². The maximum absolute atomic E-state index is 13.1. The lowest BCUT2D eigenvalue weighted by Gasteiger charge is -2.54. The van der Waals surface area contributed by atoms with E-state index >= 15 is 0 Å². The summed E-state index contributed by atoms with van der Waals surface area (Å²) in [5.74, 6) is 0.770. The SMILES string of the molecule is C[C@H]1[C@@H]2Cc3ccc(O)cc3[C@]1(C)CCN2CCc1ccc(F)cc1. The van der Waals surface area contributed by atoms with Gasteiger partial charge in [-0.3, -0.25) is 4.90 Å². The molecular formula is C22H26FNO. The number of piperidine rings is 1. The number of rotatable bonds is 3. The second kappa shape index (κ2) is 6.14. The van der Waals surface area contributed by atoms with Crippen LogP contribution in [0.2, 0.25) is 0 Å². The first-order chi connectivity index (χ1) is 12.0. The van der Waals surface area contributed by atoms with Crippen molar-refractivity contribution in [3.05, 3.63) is 65.0 Å². The zero-order valence-electron chi connectivity index (χ0n) is 15.0. The lowest BCUT2D eigenvalue weighted by Crippen LogP contribution is -2.58. The van der Waals surface area contributed by atoms with E-state index in [1.165, 1.54) is 16.7 Å². The van der Waals surface area contributed by atoms with Crippen molar-refractivity contribution < 1.29 is 9.50 Å². The zero-order chi connectivity index (χ0) is 17.6. The summed E-state index contributed by atoms with van der Waals surface area (Å²) in [5.41, 5.74) is 4.07. The Kier molecular flexibility index (Phi) is 4.07. The Morgan fingerprint density at radius 1 is 1.20 bits per heavy atom. The Bertz CT molecular complexity index is 772. The fourth-order valence-corrected chi connectivity index (χ4v) is 4.90. The van der Waals surface area contributed by atoms with E-state index in [9.17, 15) is 9.50 Å². The van der Waals surface area contributed by atoms with E-state index < -0.39 is 0 Å². The summed E-state index contributed by atoms with van der Waals surface area (Å²) in [4.78, 5) is 2.62. The largest absolute Gasteiger partial charge is 0.508 e. The molecule has 0 unspecified atom stereocenters. The molecular weight excluding hydrogens is 313 g/mol. The van der Waals surface area contributed by atoms with Crippen molar-refractivity contribution in [2.24, 2.45) is 5.92 Å². The fraction of sp³-hybridized carbons (Fsp3) is 0.455. The molecule has 0 saturated carbocycles. The van der Waals surface area contributed by atoms with Crippen molar-refractivity contribution >= 4 is 0 Å². The van der Waals surface area contributed by atoms with Crippen molar-refractivity contribution in [3.8, 4) is 5.75 Å². The first-order valence-corrected chi connectivity index (χ1v) is 9.28. The third-order valence-corrected chi connectivity index (χ3v) is 6.71. The third kappa shape index (κ3) is 2.85. The summed E-state index contributed by atoms with van der Waals surface area (Å²) in [6.07, 6.45) is 3.13. The molecule has 0 radical (unpaired) electrons. The summed E-state index contributed by atoms with van der Waals surface area (Å²) in [5, 5.41) is 9.93. The van der Waals surface area contributed by atoms with Crippen LogP contribution in [0.4, 0.5) is 4.39 Å². The van der Waals surface area contributed by atoms with E-state index in [-0.39, 0.29) is 11.2 Å². The summed E-state index contributed by atoms with van der Waals surface area (Å²) in [6, 6.07) is 13.3. The predicted octanol–water partition coefficient (Wildman–Crippen LogP) is 4.30. The number of fused-ring (bicyclic) bond motifs is 4. The fourth-order valence-electron chi connectivity index (χ4n) is 4.90. The van der Waals surface area contributed by atoms with Crippen LogP contribution in [0.5, 0.6) is 5.75 Å². The highest BCUT2D eigenvalue weighted by Crippen LogP contribution is 2.49. The quantitative estimate of drug-likeness (QED) is 0.901. The topological polar surface area (TPSA) is 23.5 Å². The number of hydrogen-bond donors (Lipinski definition) is 1. The highest BCUT2D eigenvalue weighted by atomic mass is 19.1. The number of hydrogen-bond acceptors (Lipinski definition) is 2. The van der Waals surface area contributed by atoms with E-state index in [2.05, 4.69) is 24.8 Å². The van der Waals surface area contributed by atoms with Crippen LogP contribution >= 0.6 is 0 Å². The maximum atomic E-state index is 13.1. The molecule has 0 spiro atoms. The van der Waals surface area contributed by atoms with E-state index in [4.69, 9.17) is 0 Å². The third-order valence-electron chi connectivity index (χ3n) is 6.71. The first kappa shape index (κ1) is 16.6. The van der Waals surface area contributed by atoms with Crippen LogP contribution in [0.3, 0.4) is 0 Å². The minimum Gasteiger partial charge on any atom is -0.508 e. The summed E-state index contributed by atoms with van der Waals surface area (Å²) >= 11 is 0. The normalized spacial score (nSPS) is 28.6. The summed E-state index contributed by atoms with van der Waals surface area (Å²) < 4.78 is 13.1. The molecule has 3 atom stereocenters. The van der Waals surface area contributed by atoms with Crippen LogP contribution in [-0.2, 0) is 18.3 Å². The van der Waals surface area contributed by atoms with Crippen molar-refractivity contribution in [1.82, 2.24) is 4.90 Å². The van der Waals surface area contributed by atoms with Gasteiger partial charge in [-0.1, -0.05) is 32.0 Å². The van der Waals surface area contributed by atoms with Crippen molar-refractivity contribution in [2.45, 2.75) is 44.6 Å². The Morgan fingerprint density at radius 2 is 1.96 bits per heavy atom. The molecule has 1 heterocycles. The van der Waals surface area contributed by atoms with E-state index in [0.29, 0.717) is 17.7 Å². The van der Waals surface area contributed by atoms with Gasteiger partial charge < -0.3 is 5.11 Å². The van der Waals surface area contributed by atoms with Crippen LogP contribution in [0.15, 0.2) is 42.5 Å². The Hall–Kier alpha value is -1.87. The van der Waals surface area contributed by atoms with Crippen LogP contribution in [-0.4, -0.2) is 29.1 Å². The van der Waals surface area contributed by atoms with Gasteiger partial charge in [-0.25, -0.2) is 4.39 Å². The van der Waals surface area contributed by atoms with Crippen molar-refractivity contribution in [3.63, 3.8) is 0 Å². The molecule has 0 aromatic heterocycles. The molecule has 1 fully saturated rings. The molecule has 1 aliphatic carbocycles. The van der Waals surface area contributed by atoms with Crippen LogP contribution in [0.25, 0.3) is 0 Å². The van der Waals surface area contributed by atoms with Crippen LogP contribution < -0.4 is 0 Å². The molecule has 1 aliphatic heterocycles. The zero-order valence-corrected chi connectivity index (χ0v) is 15.0. The van der Waals surface area contributed by atoms with E-state index in [1.54, 1.807) is 12.1 Å². The molecule has 25 heavy (non-hydrogen) atoms. The monoisotopic (exact) mass is 339 g/mol. The lowest BCUT2D eigenvalue weighted by atomic mass is 9.59. The molecule has 2 aromatic carbocycles. The molecule has 2 aromatic rings. The molecule has 2 aliphatic rings. The highest BCUT2D eigenvalue weighted by molar-refractivity contribution is 5.44.